The lowest BCUT2D eigenvalue weighted by Gasteiger charge is -2.38. The monoisotopic (exact) mass is 288 g/mol. The van der Waals surface area contributed by atoms with E-state index in [0.29, 0.717) is 13.0 Å². The molecule has 1 unspecified atom stereocenters. The molecule has 1 saturated carbocycles. The molecule has 0 N–H and O–H groups in total. The molecular weight excluding hydrogens is 264 g/mol. The molecule has 19 heavy (non-hydrogen) atoms. The number of aldehydes is 1. The summed E-state index contributed by atoms with van der Waals surface area (Å²) in [7, 11) is -1.82. The average Bonchev–Trinajstić information content (AvgIpc) is 2.47. The molecule has 1 heterocycles. The van der Waals surface area contributed by atoms with Crippen LogP contribution < -0.4 is 0 Å². The van der Waals surface area contributed by atoms with Crippen LogP contribution in [0, 0.1) is 0 Å². The molecule has 2 aliphatic rings. The van der Waals surface area contributed by atoms with E-state index in [2.05, 4.69) is 0 Å². The van der Waals surface area contributed by atoms with Crippen molar-refractivity contribution in [2.45, 2.75) is 63.5 Å². The lowest BCUT2D eigenvalue weighted by Crippen LogP contribution is -2.52. The first-order valence-corrected chi connectivity index (χ1v) is 8.67. The van der Waals surface area contributed by atoms with Crippen molar-refractivity contribution < 1.29 is 13.2 Å². The molecule has 0 aromatic heterocycles. The van der Waals surface area contributed by atoms with Crippen LogP contribution in [0.5, 0.6) is 0 Å². The molecule has 110 valence electrons. The summed E-state index contributed by atoms with van der Waals surface area (Å²) in [5.74, 6) is 0. The molecule has 6 heteroatoms. The number of piperidine rings is 1. The molecule has 0 bridgehead atoms. The van der Waals surface area contributed by atoms with E-state index in [1.54, 1.807) is 7.05 Å². The summed E-state index contributed by atoms with van der Waals surface area (Å²) in [6, 6.07) is -0.363. The van der Waals surface area contributed by atoms with Gasteiger partial charge in [-0.05, 0) is 25.7 Å². The van der Waals surface area contributed by atoms with Crippen LogP contribution in [-0.4, -0.2) is 49.0 Å². The Balaban J connectivity index is 2.12. The van der Waals surface area contributed by atoms with Gasteiger partial charge in [0.15, 0.2) is 0 Å². The van der Waals surface area contributed by atoms with Gasteiger partial charge in [-0.15, -0.1) is 0 Å². The van der Waals surface area contributed by atoms with Gasteiger partial charge in [0.05, 0.1) is 6.04 Å². The SMILES string of the molecule is CN(C1CCCCC1)S(=O)(=O)N1CCCCC1C=O. The molecule has 0 aromatic carbocycles. The molecule has 1 aliphatic heterocycles. The van der Waals surface area contributed by atoms with Crippen molar-refractivity contribution in [2.24, 2.45) is 0 Å². The zero-order valence-corrected chi connectivity index (χ0v) is 12.4. The van der Waals surface area contributed by atoms with Crippen molar-refractivity contribution in [3.63, 3.8) is 0 Å². The number of carbonyl (C=O) groups is 1. The van der Waals surface area contributed by atoms with Crippen LogP contribution in [0.15, 0.2) is 0 Å². The lowest BCUT2D eigenvalue weighted by atomic mass is 9.96. The Kier molecular flexibility index (Phi) is 4.97. The molecule has 0 aromatic rings. The van der Waals surface area contributed by atoms with Gasteiger partial charge in [0.1, 0.15) is 6.29 Å². The van der Waals surface area contributed by atoms with Crippen molar-refractivity contribution in [1.29, 1.82) is 0 Å². The highest BCUT2D eigenvalue weighted by Crippen LogP contribution is 2.27. The van der Waals surface area contributed by atoms with Crippen molar-refractivity contribution in [3.05, 3.63) is 0 Å². The van der Waals surface area contributed by atoms with Crippen LogP contribution >= 0.6 is 0 Å². The number of carbonyl (C=O) groups excluding carboxylic acids is 1. The maximum absolute atomic E-state index is 12.6. The fourth-order valence-electron chi connectivity index (χ4n) is 3.15. The predicted octanol–water partition coefficient (Wildman–Crippen LogP) is 1.55. The zero-order valence-electron chi connectivity index (χ0n) is 11.6. The molecule has 1 aliphatic carbocycles. The molecule has 0 spiro atoms. The highest BCUT2D eigenvalue weighted by molar-refractivity contribution is 7.86. The summed E-state index contributed by atoms with van der Waals surface area (Å²) in [6.07, 6.45) is 8.50. The molecule has 0 amide bonds. The van der Waals surface area contributed by atoms with Crippen molar-refractivity contribution in [1.82, 2.24) is 8.61 Å². The van der Waals surface area contributed by atoms with Gasteiger partial charge in [-0.1, -0.05) is 25.7 Å². The average molecular weight is 288 g/mol. The van der Waals surface area contributed by atoms with E-state index >= 15 is 0 Å². The number of hydrogen-bond acceptors (Lipinski definition) is 3. The van der Waals surface area contributed by atoms with E-state index in [0.717, 1.165) is 44.8 Å². The maximum Gasteiger partial charge on any atom is 0.282 e. The van der Waals surface area contributed by atoms with Crippen LogP contribution in [0.3, 0.4) is 0 Å². The van der Waals surface area contributed by atoms with Gasteiger partial charge in [0.25, 0.3) is 10.2 Å². The number of rotatable bonds is 4. The summed E-state index contributed by atoms with van der Waals surface area (Å²) in [5.41, 5.74) is 0. The first-order valence-electron chi connectivity index (χ1n) is 7.27. The van der Waals surface area contributed by atoms with Crippen LogP contribution in [0.25, 0.3) is 0 Å². The highest BCUT2D eigenvalue weighted by Gasteiger charge is 2.37. The van der Waals surface area contributed by atoms with Crippen molar-refractivity contribution >= 4 is 16.5 Å². The van der Waals surface area contributed by atoms with Gasteiger partial charge in [-0.2, -0.15) is 17.0 Å². The molecule has 5 nitrogen and oxygen atoms in total. The minimum atomic E-state index is -3.49. The van der Waals surface area contributed by atoms with Crippen molar-refractivity contribution in [3.8, 4) is 0 Å². The Bertz CT molecular complexity index is 404. The van der Waals surface area contributed by atoms with Crippen LogP contribution in [0.2, 0.25) is 0 Å². The van der Waals surface area contributed by atoms with Crippen LogP contribution in [0.1, 0.15) is 51.4 Å². The Morgan fingerprint density at radius 2 is 1.68 bits per heavy atom. The van der Waals surface area contributed by atoms with E-state index in [9.17, 15) is 13.2 Å². The van der Waals surface area contributed by atoms with Crippen LogP contribution in [0.4, 0.5) is 0 Å². The molecule has 1 saturated heterocycles. The summed E-state index contributed by atoms with van der Waals surface area (Å²) in [4.78, 5) is 11.1. The van der Waals surface area contributed by atoms with Gasteiger partial charge < -0.3 is 4.79 Å². The number of nitrogens with zero attached hydrogens (tertiary/aromatic N) is 2. The second-order valence-corrected chi connectivity index (χ2v) is 7.57. The largest absolute Gasteiger partial charge is 0.302 e. The first kappa shape index (κ1) is 14.9. The Morgan fingerprint density at radius 1 is 1.05 bits per heavy atom. The highest BCUT2D eigenvalue weighted by atomic mass is 32.2. The molecular formula is C13H24N2O3S. The van der Waals surface area contributed by atoms with E-state index < -0.39 is 16.3 Å². The van der Waals surface area contributed by atoms with Gasteiger partial charge >= 0.3 is 0 Å². The smallest absolute Gasteiger partial charge is 0.282 e. The fourth-order valence-corrected chi connectivity index (χ4v) is 4.93. The topological polar surface area (TPSA) is 57.7 Å². The van der Waals surface area contributed by atoms with E-state index in [-0.39, 0.29) is 6.04 Å². The van der Waals surface area contributed by atoms with Gasteiger partial charge in [0, 0.05) is 19.6 Å². The van der Waals surface area contributed by atoms with E-state index in [1.807, 2.05) is 0 Å². The van der Waals surface area contributed by atoms with E-state index in [4.69, 9.17) is 0 Å². The molecule has 2 fully saturated rings. The Morgan fingerprint density at radius 3 is 2.32 bits per heavy atom. The predicted molar refractivity (Wildman–Crippen MR) is 74.0 cm³/mol. The fraction of sp³-hybridized carbons (Fsp3) is 0.923. The minimum Gasteiger partial charge on any atom is -0.302 e. The molecule has 1 atom stereocenters. The van der Waals surface area contributed by atoms with Crippen molar-refractivity contribution in [2.75, 3.05) is 13.6 Å². The molecule has 0 radical (unpaired) electrons. The third-order valence-electron chi connectivity index (χ3n) is 4.40. The normalized spacial score (nSPS) is 27.6. The summed E-state index contributed by atoms with van der Waals surface area (Å²) in [5, 5.41) is 0. The van der Waals surface area contributed by atoms with Crippen LogP contribution in [-0.2, 0) is 15.0 Å². The second kappa shape index (κ2) is 6.33. The van der Waals surface area contributed by atoms with Gasteiger partial charge in [0.2, 0.25) is 0 Å². The minimum absolute atomic E-state index is 0.105. The zero-order chi connectivity index (χ0) is 13.9. The number of hydrogen-bond donors (Lipinski definition) is 0. The van der Waals surface area contributed by atoms with E-state index in [1.165, 1.54) is 15.0 Å². The third-order valence-corrected chi connectivity index (χ3v) is 6.48. The lowest BCUT2D eigenvalue weighted by molar-refractivity contribution is -0.111. The van der Waals surface area contributed by atoms with Gasteiger partial charge in [-0.25, -0.2) is 0 Å². The first-order chi connectivity index (χ1) is 9.07. The summed E-state index contributed by atoms with van der Waals surface area (Å²) in [6.45, 7) is 0.475. The second-order valence-electron chi connectivity index (χ2n) is 5.63. The Labute approximate surface area is 116 Å². The standard InChI is InChI=1S/C13H24N2O3S/c1-14(12-7-3-2-4-8-12)19(17,18)15-10-6-5-9-13(15)11-16/h11-13H,2-10H2,1H3. The third kappa shape index (κ3) is 3.17. The molecule has 2 rings (SSSR count). The van der Waals surface area contributed by atoms with Gasteiger partial charge in [-0.3, -0.25) is 0 Å². The maximum atomic E-state index is 12.6. The summed E-state index contributed by atoms with van der Waals surface area (Å²) < 4.78 is 28.2. The quantitative estimate of drug-likeness (QED) is 0.738. The Hall–Kier alpha value is -0.460. The summed E-state index contributed by atoms with van der Waals surface area (Å²) >= 11 is 0.